The summed E-state index contributed by atoms with van der Waals surface area (Å²) in [5.74, 6) is 0. The summed E-state index contributed by atoms with van der Waals surface area (Å²) < 4.78 is 0. The fraction of sp³-hybridized carbons (Fsp3) is 0.238. The van der Waals surface area contributed by atoms with Crippen LogP contribution < -0.4 is 0 Å². The SMILES string of the molecule is C1=CC(P2C(c3ccccc3)CCC2c2ccccc2)C=C1. The Morgan fingerprint density at radius 2 is 1.09 bits per heavy atom. The Bertz CT molecular complexity index is 612. The van der Waals surface area contributed by atoms with Gasteiger partial charge < -0.3 is 0 Å². The van der Waals surface area contributed by atoms with Crippen molar-refractivity contribution in [3.63, 3.8) is 0 Å². The van der Waals surface area contributed by atoms with Crippen molar-refractivity contribution in [2.75, 3.05) is 0 Å². The predicted octanol–water partition coefficient (Wildman–Crippen LogP) is 6.24. The van der Waals surface area contributed by atoms with E-state index in [4.69, 9.17) is 0 Å². The van der Waals surface area contributed by atoms with Crippen LogP contribution >= 0.6 is 7.92 Å². The molecular weight excluding hydrogens is 283 g/mol. The van der Waals surface area contributed by atoms with Crippen LogP contribution in [0.3, 0.4) is 0 Å². The van der Waals surface area contributed by atoms with E-state index in [1.54, 1.807) is 11.1 Å². The van der Waals surface area contributed by atoms with Gasteiger partial charge in [0, 0.05) is 17.0 Å². The summed E-state index contributed by atoms with van der Waals surface area (Å²) in [6.45, 7) is 0. The van der Waals surface area contributed by atoms with Gasteiger partial charge in [0.2, 0.25) is 0 Å². The molecule has 1 heterocycles. The van der Waals surface area contributed by atoms with Crippen molar-refractivity contribution in [1.82, 2.24) is 0 Å². The second kappa shape index (κ2) is 6.23. The van der Waals surface area contributed by atoms with Gasteiger partial charge in [-0.15, -0.1) is 0 Å². The molecular formula is C21H21P. The highest BCUT2D eigenvalue weighted by atomic mass is 31.1. The van der Waals surface area contributed by atoms with Crippen molar-refractivity contribution in [2.45, 2.75) is 29.8 Å². The van der Waals surface area contributed by atoms with Crippen molar-refractivity contribution in [3.8, 4) is 0 Å². The lowest BCUT2D eigenvalue weighted by Gasteiger charge is -2.30. The average Bonchev–Trinajstić information content (AvgIpc) is 3.25. The molecule has 2 aliphatic rings. The molecule has 4 rings (SSSR count). The zero-order valence-electron chi connectivity index (χ0n) is 12.7. The molecule has 2 aromatic rings. The maximum absolute atomic E-state index is 2.42. The molecule has 1 heteroatoms. The van der Waals surface area contributed by atoms with E-state index in [2.05, 4.69) is 85.0 Å². The maximum Gasteiger partial charge on any atom is 0.0167 e. The molecule has 22 heavy (non-hydrogen) atoms. The third-order valence-electron chi connectivity index (χ3n) is 4.87. The zero-order chi connectivity index (χ0) is 14.8. The Kier molecular flexibility index (Phi) is 3.95. The van der Waals surface area contributed by atoms with Crippen LogP contribution in [0.4, 0.5) is 0 Å². The molecule has 1 aliphatic heterocycles. The fourth-order valence-electron chi connectivity index (χ4n) is 3.89. The standard InChI is InChI=1S/C21H21P/c1-3-9-17(10-4-1)20-15-16-21(18-11-5-2-6-12-18)22(20)19-13-7-8-14-19/h1-14,19-21H,15-16H2. The minimum absolute atomic E-state index is 0.0993. The van der Waals surface area contributed by atoms with E-state index in [0.29, 0.717) is 5.66 Å². The number of hydrogen-bond donors (Lipinski definition) is 0. The summed E-state index contributed by atoms with van der Waals surface area (Å²) in [5.41, 5.74) is 5.20. The minimum atomic E-state index is -0.0993. The highest BCUT2D eigenvalue weighted by molar-refractivity contribution is 7.60. The molecule has 0 radical (unpaired) electrons. The van der Waals surface area contributed by atoms with Gasteiger partial charge in [-0.3, -0.25) is 0 Å². The second-order valence-corrected chi connectivity index (χ2v) is 8.88. The van der Waals surface area contributed by atoms with E-state index < -0.39 is 0 Å². The van der Waals surface area contributed by atoms with Crippen LogP contribution in [0.25, 0.3) is 0 Å². The number of rotatable bonds is 3. The largest absolute Gasteiger partial charge is 0.0803 e. The van der Waals surface area contributed by atoms with Crippen LogP contribution in [0, 0.1) is 0 Å². The molecule has 0 N–H and O–H groups in total. The third kappa shape index (κ3) is 2.57. The molecule has 1 aliphatic carbocycles. The molecule has 1 saturated heterocycles. The van der Waals surface area contributed by atoms with Gasteiger partial charge in [0.1, 0.15) is 0 Å². The molecule has 0 nitrogen and oxygen atoms in total. The lowest BCUT2D eigenvalue weighted by molar-refractivity contribution is 0.765. The summed E-state index contributed by atoms with van der Waals surface area (Å²) in [7, 11) is -0.0993. The van der Waals surface area contributed by atoms with E-state index in [1.165, 1.54) is 12.8 Å². The Balaban J connectivity index is 1.71. The van der Waals surface area contributed by atoms with Crippen LogP contribution in [-0.4, -0.2) is 5.66 Å². The van der Waals surface area contributed by atoms with Crippen molar-refractivity contribution < 1.29 is 0 Å². The Labute approximate surface area is 134 Å². The minimum Gasteiger partial charge on any atom is -0.0803 e. The van der Waals surface area contributed by atoms with Gasteiger partial charge in [-0.05, 0) is 24.0 Å². The van der Waals surface area contributed by atoms with Crippen LogP contribution in [0.1, 0.15) is 35.3 Å². The lowest BCUT2D eigenvalue weighted by Crippen LogP contribution is -2.04. The van der Waals surface area contributed by atoms with Crippen molar-refractivity contribution >= 4 is 7.92 Å². The van der Waals surface area contributed by atoms with E-state index in [-0.39, 0.29) is 7.92 Å². The molecule has 110 valence electrons. The summed E-state index contributed by atoms with van der Waals surface area (Å²) in [5, 5.41) is 0. The maximum atomic E-state index is 2.42. The van der Waals surface area contributed by atoms with Gasteiger partial charge in [0.25, 0.3) is 0 Å². The van der Waals surface area contributed by atoms with Crippen molar-refractivity contribution in [3.05, 3.63) is 96.1 Å². The van der Waals surface area contributed by atoms with Crippen LogP contribution in [-0.2, 0) is 0 Å². The zero-order valence-corrected chi connectivity index (χ0v) is 13.6. The van der Waals surface area contributed by atoms with Crippen LogP contribution in [0.5, 0.6) is 0 Å². The first-order valence-corrected chi connectivity index (χ1v) is 9.71. The second-order valence-electron chi connectivity index (χ2n) is 6.14. The van der Waals surface area contributed by atoms with Gasteiger partial charge in [-0.1, -0.05) is 92.9 Å². The van der Waals surface area contributed by atoms with Gasteiger partial charge in [0.15, 0.2) is 0 Å². The summed E-state index contributed by atoms with van der Waals surface area (Å²) >= 11 is 0. The molecule has 2 aromatic carbocycles. The molecule has 0 aromatic heterocycles. The number of hydrogen-bond acceptors (Lipinski definition) is 0. The fourth-order valence-corrected chi connectivity index (χ4v) is 7.68. The summed E-state index contributed by atoms with van der Waals surface area (Å²) in [6.07, 6.45) is 12.0. The van der Waals surface area contributed by atoms with Gasteiger partial charge in [0.05, 0.1) is 0 Å². The lowest BCUT2D eigenvalue weighted by atomic mass is 10.0. The highest BCUT2D eigenvalue weighted by Gasteiger charge is 2.40. The molecule has 2 unspecified atom stereocenters. The Hall–Kier alpha value is -1.65. The normalized spacial score (nSPS) is 27.5. The first-order chi connectivity index (χ1) is 10.9. The summed E-state index contributed by atoms with van der Waals surface area (Å²) in [6, 6.07) is 22.3. The van der Waals surface area contributed by atoms with E-state index in [9.17, 15) is 0 Å². The molecule has 0 spiro atoms. The smallest absolute Gasteiger partial charge is 0.0167 e. The Morgan fingerprint density at radius 3 is 1.55 bits per heavy atom. The number of allylic oxidation sites excluding steroid dienone is 4. The monoisotopic (exact) mass is 304 g/mol. The molecule has 0 saturated carbocycles. The molecule has 0 bridgehead atoms. The third-order valence-corrected chi connectivity index (χ3v) is 8.46. The molecule has 0 amide bonds. The van der Waals surface area contributed by atoms with Gasteiger partial charge >= 0.3 is 0 Å². The van der Waals surface area contributed by atoms with Crippen molar-refractivity contribution in [1.29, 1.82) is 0 Å². The van der Waals surface area contributed by atoms with Gasteiger partial charge in [-0.25, -0.2) is 0 Å². The van der Waals surface area contributed by atoms with Crippen LogP contribution in [0.15, 0.2) is 85.0 Å². The first kappa shape index (κ1) is 14.0. The van der Waals surface area contributed by atoms with Crippen molar-refractivity contribution in [2.24, 2.45) is 0 Å². The van der Waals surface area contributed by atoms with E-state index in [1.807, 2.05) is 0 Å². The van der Waals surface area contributed by atoms with E-state index >= 15 is 0 Å². The number of benzene rings is 2. The Morgan fingerprint density at radius 1 is 0.636 bits per heavy atom. The predicted molar refractivity (Wildman–Crippen MR) is 96.6 cm³/mol. The molecule has 1 fully saturated rings. The quantitative estimate of drug-likeness (QED) is 0.589. The topological polar surface area (TPSA) is 0 Å². The van der Waals surface area contributed by atoms with E-state index in [0.717, 1.165) is 11.3 Å². The van der Waals surface area contributed by atoms with Crippen LogP contribution in [0.2, 0.25) is 0 Å². The highest BCUT2D eigenvalue weighted by Crippen LogP contribution is 2.73. The first-order valence-electron chi connectivity index (χ1n) is 8.16. The van der Waals surface area contributed by atoms with Gasteiger partial charge in [-0.2, -0.15) is 0 Å². The average molecular weight is 304 g/mol. The molecule has 2 atom stereocenters. The summed E-state index contributed by atoms with van der Waals surface area (Å²) in [4.78, 5) is 0.